The smallest absolute Gasteiger partial charge is 0.498 e. The van der Waals surface area contributed by atoms with E-state index >= 15 is 0 Å². The molecule has 2 rings (SSSR count). The fourth-order valence-corrected chi connectivity index (χ4v) is 1.78. The van der Waals surface area contributed by atoms with E-state index in [-0.39, 0.29) is 5.75 Å². The first-order valence-corrected chi connectivity index (χ1v) is 6.00. The fraction of sp³-hybridized carbons (Fsp3) is 0.583. The molecule has 0 spiro atoms. The molecule has 0 radical (unpaired) electrons. The van der Waals surface area contributed by atoms with Gasteiger partial charge in [-0.2, -0.15) is 0 Å². The van der Waals surface area contributed by atoms with Crippen molar-refractivity contribution in [3.63, 3.8) is 0 Å². The van der Waals surface area contributed by atoms with Crippen molar-refractivity contribution >= 4 is 12.6 Å². The van der Waals surface area contributed by atoms with Gasteiger partial charge >= 0.3 is 7.12 Å². The van der Waals surface area contributed by atoms with Crippen LogP contribution in [0, 0.1) is 0 Å². The Bertz CT molecular complexity index is 447. The topological polar surface area (TPSA) is 77.6 Å². The Morgan fingerprint density at radius 1 is 1.28 bits per heavy atom. The summed E-state index contributed by atoms with van der Waals surface area (Å²) in [5, 5.41) is 9.87. The van der Waals surface area contributed by atoms with Crippen LogP contribution >= 0.6 is 0 Å². The zero-order valence-corrected chi connectivity index (χ0v) is 11.2. The third-order valence-corrected chi connectivity index (χ3v) is 3.69. The summed E-state index contributed by atoms with van der Waals surface area (Å²) in [7, 11) is -0.594. The van der Waals surface area contributed by atoms with E-state index in [1.54, 1.807) is 6.07 Å². The van der Waals surface area contributed by atoms with Gasteiger partial charge in [0.25, 0.3) is 0 Å². The van der Waals surface area contributed by atoms with Crippen molar-refractivity contribution in [3.05, 3.63) is 18.0 Å². The Hall–Kier alpha value is -1.11. The molecule has 0 amide bonds. The van der Waals surface area contributed by atoms with Gasteiger partial charge in [0.15, 0.2) is 0 Å². The molecular weight excluding hydrogens is 231 g/mol. The molecule has 0 unspecified atom stereocenters. The molecule has 6 heteroatoms. The summed E-state index contributed by atoms with van der Waals surface area (Å²) in [6.07, 6.45) is 1.38. The Kier molecular flexibility index (Phi) is 3.13. The maximum absolute atomic E-state index is 9.87. The van der Waals surface area contributed by atoms with Gasteiger partial charge in [-0.05, 0) is 33.8 Å². The summed E-state index contributed by atoms with van der Waals surface area (Å²) in [5.41, 5.74) is 5.95. The van der Waals surface area contributed by atoms with Gasteiger partial charge in [-0.3, -0.25) is 4.98 Å². The molecule has 1 fully saturated rings. The number of pyridine rings is 1. The molecular formula is C12H19BN2O3. The molecule has 98 valence electrons. The van der Waals surface area contributed by atoms with Gasteiger partial charge in [-0.1, -0.05) is 0 Å². The minimum Gasteiger partial charge on any atom is -0.507 e. The van der Waals surface area contributed by atoms with Crippen LogP contribution in [0.5, 0.6) is 5.75 Å². The third-order valence-electron chi connectivity index (χ3n) is 3.69. The number of rotatable bonds is 2. The van der Waals surface area contributed by atoms with E-state index in [0.29, 0.717) is 17.7 Å². The first-order valence-electron chi connectivity index (χ1n) is 6.00. The second-order valence-electron chi connectivity index (χ2n) is 5.53. The molecule has 18 heavy (non-hydrogen) atoms. The van der Waals surface area contributed by atoms with E-state index in [9.17, 15) is 5.11 Å². The second kappa shape index (κ2) is 4.22. The van der Waals surface area contributed by atoms with Crippen LogP contribution in [0.1, 0.15) is 33.4 Å². The number of hydrogen-bond donors (Lipinski definition) is 2. The lowest BCUT2D eigenvalue weighted by Gasteiger charge is -2.32. The van der Waals surface area contributed by atoms with Gasteiger partial charge in [-0.15, -0.1) is 0 Å². The largest absolute Gasteiger partial charge is 0.507 e. The van der Waals surface area contributed by atoms with Crippen molar-refractivity contribution in [2.75, 3.05) is 0 Å². The SMILES string of the molecule is CC1(C)OB(c2cc(CN)ncc2O)OC1(C)C. The average Bonchev–Trinajstić information content (AvgIpc) is 2.48. The predicted octanol–water partition coefficient (Wildman–Crippen LogP) is 0.545. The number of hydrogen-bond acceptors (Lipinski definition) is 5. The van der Waals surface area contributed by atoms with E-state index in [2.05, 4.69) is 4.98 Å². The molecule has 1 aliphatic rings. The molecule has 0 saturated carbocycles. The fourth-order valence-electron chi connectivity index (χ4n) is 1.78. The summed E-state index contributed by atoms with van der Waals surface area (Å²) in [6, 6.07) is 1.72. The molecule has 2 heterocycles. The maximum atomic E-state index is 9.87. The van der Waals surface area contributed by atoms with Crippen molar-refractivity contribution in [1.29, 1.82) is 0 Å². The first-order chi connectivity index (χ1) is 8.27. The molecule has 0 atom stereocenters. The molecule has 0 aliphatic carbocycles. The van der Waals surface area contributed by atoms with Crippen LogP contribution in [-0.4, -0.2) is 28.4 Å². The highest BCUT2D eigenvalue weighted by Gasteiger charge is 2.52. The zero-order chi connectivity index (χ0) is 13.6. The van der Waals surface area contributed by atoms with E-state index in [1.165, 1.54) is 6.20 Å². The van der Waals surface area contributed by atoms with Crippen molar-refractivity contribution in [2.24, 2.45) is 5.73 Å². The maximum Gasteiger partial charge on any atom is 0.498 e. The molecule has 3 N–H and O–H groups in total. The monoisotopic (exact) mass is 250 g/mol. The van der Waals surface area contributed by atoms with Crippen molar-refractivity contribution in [3.8, 4) is 5.75 Å². The summed E-state index contributed by atoms with van der Waals surface area (Å²) in [4.78, 5) is 4.02. The van der Waals surface area contributed by atoms with Crippen LogP contribution < -0.4 is 11.2 Å². The van der Waals surface area contributed by atoms with Crippen LogP contribution in [0.4, 0.5) is 0 Å². The summed E-state index contributed by atoms with van der Waals surface area (Å²) < 4.78 is 11.8. The number of aromatic hydroxyl groups is 1. The van der Waals surface area contributed by atoms with E-state index in [4.69, 9.17) is 15.0 Å². The van der Waals surface area contributed by atoms with Crippen molar-refractivity contribution < 1.29 is 14.4 Å². The highest BCUT2D eigenvalue weighted by Crippen LogP contribution is 2.37. The average molecular weight is 250 g/mol. The van der Waals surface area contributed by atoms with Crippen molar-refractivity contribution in [1.82, 2.24) is 4.98 Å². The van der Waals surface area contributed by atoms with Gasteiger partial charge in [0.05, 0.1) is 23.1 Å². The first kappa shape index (κ1) is 13.3. The molecule has 1 aromatic heterocycles. The minimum absolute atomic E-state index is 0.0608. The highest BCUT2D eigenvalue weighted by atomic mass is 16.7. The normalized spacial score (nSPS) is 21.3. The number of aromatic nitrogens is 1. The molecule has 1 aliphatic heterocycles. The predicted molar refractivity (Wildman–Crippen MR) is 69.5 cm³/mol. The quantitative estimate of drug-likeness (QED) is 0.749. The molecule has 0 bridgehead atoms. The van der Waals surface area contributed by atoms with Gasteiger partial charge < -0.3 is 20.1 Å². The Balaban J connectivity index is 2.34. The molecule has 5 nitrogen and oxygen atoms in total. The van der Waals surface area contributed by atoms with Crippen LogP contribution in [0.3, 0.4) is 0 Å². The number of nitrogens with two attached hydrogens (primary N) is 1. The Morgan fingerprint density at radius 2 is 1.83 bits per heavy atom. The summed E-state index contributed by atoms with van der Waals surface area (Å²) in [6.45, 7) is 8.18. The van der Waals surface area contributed by atoms with E-state index in [0.717, 1.165) is 0 Å². The lowest BCUT2D eigenvalue weighted by molar-refractivity contribution is 0.00578. The third kappa shape index (κ3) is 2.11. The highest BCUT2D eigenvalue weighted by molar-refractivity contribution is 6.63. The zero-order valence-electron chi connectivity index (χ0n) is 11.2. The summed E-state index contributed by atoms with van der Waals surface area (Å²) in [5.74, 6) is 0.0608. The molecule has 1 saturated heterocycles. The van der Waals surface area contributed by atoms with Crippen LogP contribution in [0.15, 0.2) is 12.3 Å². The van der Waals surface area contributed by atoms with Gasteiger partial charge in [0, 0.05) is 12.0 Å². The minimum atomic E-state index is -0.594. The van der Waals surface area contributed by atoms with Gasteiger partial charge in [-0.25, -0.2) is 0 Å². The van der Waals surface area contributed by atoms with E-state index < -0.39 is 18.3 Å². The van der Waals surface area contributed by atoms with Crippen LogP contribution in [0.25, 0.3) is 0 Å². The van der Waals surface area contributed by atoms with E-state index in [1.807, 2.05) is 27.7 Å². The van der Waals surface area contributed by atoms with Gasteiger partial charge in [0.1, 0.15) is 5.75 Å². The number of nitrogens with zero attached hydrogens (tertiary/aromatic N) is 1. The van der Waals surface area contributed by atoms with Crippen molar-refractivity contribution in [2.45, 2.75) is 45.4 Å². The lowest BCUT2D eigenvalue weighted by atomic mass is 9.78. The second-order valence-corrected chi connectivity index (χ2v) is 5.53. The standard InChI is InChI=1S/C12H19BN2O3/c1-11(2)12(3,4)18-13(17-11)9-5-8(6-14)15-7-10(9)16/h5,7,16H,6,14H2,1-4H3. The van der Waals surface area contributed by atoms with Crippen LogP contribution in [-0.2, 0) is 15.9 Å². The lowest BCUT2D eigenvalue weighted by Crippen LogP contribution is -2.41. The Morgan fingerprint density at radius 3 is 2.33 bits per heavy atom. The van der Waals surface area contributed by atoms with Crippen LogP contribution in [0.2, 0.25) is 0 Å². The van der Waals surface area contributed by atoms with Gasteiger partial charge in [0.2, 0.25) is 0 Å². The molecule has 0 aromatic carbocycles. The Labute approximate surface area is 107 Å². The molecule has 1 aromatic rings. The summed E-state index contributed by atoms with van der Waals surface area (Å²) >= 11 is 0.